The number of imide groups is 1. The van der Waals surface area contributed by atoms with E-state index in [2.05, 4.69) is 22.0 Å². The molecule has 142 valence electrons. The highest BCUT2D eigenvalue weighted by atomic mass is 16.2. The van der Waals surface area contributed by atoms with E-state index in [1.165, 1.54) is 19.3 Å². The minimum absolute atomic E-state index is 0.108. The van der Waals surface area contributed by atoms with E-state index in [1.54, 1.807) is 4.90 Å². The third-order valence-electron chi connectivity index (χ3n) is 6.53. The molecule has 3 saturated heterocycles. The summed E-state index contributed by atoms with van der Waals surface area (Å²) >= 11 is 0. The first-order valence-corrected chi connectivity index (χ1v) is 9.85. The number of nitrogens with one attached hydrogen (secondary N) is 3. The number of piperidine rings is 1. The van der Waals surface area contributed by atoms with Crippen molar-refractivity contribution >= 4 is 17.7 Å². The van der Waals surface area contributed by atoms with Crippen molar-refractivity contribution in [3.63, 3.8) is 0 Å². The number of rotatable bonds is 4. The van der Waals surface area contributed by atoms with Gasteiger partial charge in [0.25, 0.3) is 5.91 Å². The Morgan fingerprint density at radius 3 is 2.78 bits per heavy atom. The van der Waals surface area contributed by atoms with Crippen LogP contribution < -0.4 is 16.0 Å². The van der Waals surface area contributed by atoms with Crippen LogP contribution in [-0.2, 0) is 22.7 Å². The maximum absolute atomic E-state index is 12.9. The van der Waals surface area contributed by atoms with Gasteiger partial charge in [-0.2, -0.15) is 0 Å². The summed E-state index contributed by atoms with van der Waals surface area (Å²) < 4.78 is 0. The van der Waals surface area contributed by atoms with Gasteiger partial charge in [-0.05, 0) is 42.9 Å². The van der Waals surface area contributed by atoms with Crippen LogP contribution in [0.4, 0.5) is 0 Å². The van der Waals surface area contributed by atoms with Crippen LogP contribution in [0.2, 0.25) is 0 Å². The summed E-state index contributed by atoms with van der Waals surface area (Å²) in [5, 5.41) is 9.66. The van der Waals surface area contributed by atoms with Gasteiger partial charge in [0.2, 0.25) is 11.8 Å². The van der Waals surface area contributed by atoms with Crippen molar-refractivity contribution in [1.82, 2.24) is 20.9 Å². The monoisotopic (exact) mass is 368 g/mol. The third-order valence-corrected chi connectivity index (χ3v) is 6.53. The van der Waals surface area contributed by atoms with E-state index in [0.717, 1.165) is 17.7 Å². The highest BCUT2D eigenvalue weighted by Crippen LogP contribution is 2.31. The van der Waals surface area contributed by atoms with Gasteiger partial charge in [-0.3, -0.25) is 19.7 Å². The number of carbonyl (C=O) groups is 3. The minimum atomic E-state index is -0.557. The fraction of sp³-hybridized carbons (Fsp3) is 0.550. The summed E-state index contributed by atoms with van der Waals surface area (Å²) in [5.74, 6) is -0.729. The van der Waals surface area contributed by atoms with E-state index in [0.29, 0.717) is 36.7 Å². The van der Waals surface area contributed by atoms with Crippen LogP contribution in [0.15, 0.2) is 18.2 Å². The average Bonchev–Trinajstić information content (AvgIpc) is 3.35. The van der Waals surface area contributed by atoms with E-state index < -0.39 is 6.04 Å². The molecule has 4 aliphatic heterocycles. The molecule has 7 heteroatoms. The molecule has 1 aromatic carbocycles. The lowest BCUT2D eigenvalue weighted by Gasteiger charge is -2.29. The topological polar surface area (TPSA) is 90.5 Å². The minimum Gasteiger partial charge on any atom is -0.322 e. The molecule has 4 heterocycles. The number of nitrogens with zero attached hydrogens (tertiary/aromatic N) is 1. The maximum Gasteiger partial charge on any atom is 0.255 e. The van der Waals surface area contributed by atoms with Gasteiger partial charge in [0.15, 0.2) is 0 Å². The molecule has 1 aromatic rings. The molecule has 0 aromatic heterocycles. The summed E-state index contributed by atoms with van der Waals surface area (Å²) in [4.78, 5) is 38.1. The lowest BCUT2D eigenvalue weighted by Crippen LogP contribution is -2.52. The Bertz CT molecular complexity index is 823. The van der Waals surface area contributed by atoms with Crippen LogP contribution in [0.3, 0.4) is 0 Å². The Hall–Kier alpha value is -2.25. The number of amides is 3. The molecular formula is C20H24N4O3. The first kappa shape index (κ1) is 16.9. The Morgan fingerprint density at radius 1 is 1.15 bits per heavy atom. The second kappa shape index (κ2) is 6.42. The van der Waals surface area contributed by atoms with Crippen LogP contribution >= 0.6 is 0 Å². The van der Waals surface area contributed by atoms with Crippen molar-refractivity contribution in [2.45, 2.75) is 69.4 Å². The van der Waals surface area contributed by atoms with Gasteiger partial charge >= 0.3 is 0 Å². The molecule has 1 unspecified atom stereocenters. The van der Waals surface area contributed by atoms with Gasteiger partial charge in [0.1, 0.15) is 6.04 Å². The van der Waals surface area contributed by atoms with Gasteiger partial charge in [0, 0.05) is 43.2 Å². The van der Waals surface area contributed by atoms with E-state index >= 15 is 0 Å². The number of fused-ring (bicyclic) bond motifs is 3. The van der Waals surface area contributed by atoms with Crippen LogP contribution in [0.25, 0.3) is 0 Å². The Kier molecular flexibility index (Phi) is 4.02. The first-order valence-electron chi connectivity index (χ1n) is 9.85. The lowest BCUT2D eigenvalue weighted by molar-refractivity contribution is -0.136. The molecule has 3 fully saturated rings. The second-order valence-corrected chi connectivity index (χ2v) is 8.11. The van der Waals surface area contributed by atoms with Gasteiger partial charge in [-0.1, -0.05) is 12.1 Å². The average molecular weight is 368 g/mol. The zero-order valence-electron chi connectivity index (χ0n) is 15.2. The molecule has 0 saturated carbocycles. The molecule has 27 heavy (non-hydrogen) atoms. The van der Waals surface area contributed by atoms with Crippen molar-refractivity contribution < 1.29 is 14.4 Å². The quantitative estimate of drug-likeness (QED) is 0.671. The molecule has 5 rings (SSSR count). The van der Waals surface area contributed by atoms with Crippen LogP contribution in [0, 0.1) is 0 Å². The fourth-order valence-corrected chi connectivity index (χ4v) is 5.11. The molecule has 7 nitrogen and oxygen atoms in total. The highest BCUT2D eigenvalue weighted by Gasteiger charge is 2.41. The van der Waals surface area contributed by atoms with Crippen molar-refractivity contribution in [3.05, 3.63) is 34.9 Å². The van der Waals surface area contributed by atoms with E-state index in [1.807, 2.05) is 12.1 Å². The predicted molar refractivity (Wildman–Crippen MR) is 97.7 cm³/mol. The second-order valence-electron chi connectivity index (χ2n) is 8.11. The molecule has 0 spiro atoms. The van der Waals surface area contributed by atoms with E-state index in [-0.39, 0.29) is 24.1 Å². The fourth-order valence-electron chi connectivity index (χ4n) is 5.11. The van der Waals surface area contributed by atoms with E-state index in [4.69, 9.17) is 0 Å². The molecular weight excluding hydrogens is 344 g/mol. The molecule has 0 aliphatic carbocycles. The number of hydrogen-bond acceptors (Lipinski definition) is 5. The Morgan fingerprint density at radius 2 is 2.04 bits per heavy atom. The normalized spacial score (nSPS) is 32.1. The standard InChI is InChI=1S/C20H24N4O3/c25-18-7-6-17(19(26)23-18)24-10-14-11(2-1-3-13(14)20(24)27)9-21-16-8-12-4-5-15(16)22-12/h1-3,12,15-17,21-22H,4-10H2,(H,23,25,26)/t12-,15+,16+,17?/m0/s1. The smallest absolute Gasteiger partial charge is 0.255 e. The highest BCUT2D eigenvalue weighted by molar-refractivity contribution is 6.05. The summed E-state index contributed by atoms with van der Waals surface area (Å²) in [6.07, 6.45) is 4.36. The van der Waals surface area contributed by atoms with Crippen LogP contribution in [0.1, 0.15) is 53.6 Å². The van der Waals surface area contributed by atoms with Gasteiger partial charge in [-0.15, -0.1) is 0 Å². The maximum atomic E-state index is 12.9. The Balaban J connectivity index is 1.31. The zero-order valence-corrected chi connectivity index (χ0v) is 15.2. The number of carbonyl (C=O) groups excluding carboxylic acids is 3. The summed E-state index contributed by atoms with van der Waals surface area (Å²) in [5.41, 5.74) is 2.82. The number of benzene rings is 1. The van der Waals surface area contributed by atoms with Crippen molar-refractivity contribution in [1.29, 1.82) is 0 Å². The summed E-state index contributed by atoms with van der Waals surface area (Å²) in [6, 6.07) is 6.97. The molecule has 3 amide bonds. The SMILES string of the molecule is O=C1CCC(N2Cc3c(CN[C@@H]4C[C@@H]5CC[C@H]4N5)cccc3C2=O)C(=O)N1. The van der Waals surface area contributed by atoms with Crippen molar-refractivity contribution in [2.75, 3.05) is 0 Å². The first-order chi connectivity index (χ1) is 13.1. The predicted octanol–water partition coefficient (Wildman–Crippen LogP) is 0.430. The summed E-state index contributed by atoms with van der Waals surface area (Å²) in [7, 11) is 0. The van der Waals surface area contributed by atoms with Gasteiger partial charge < -0.3 is 15.5 Å². The van der Waals surface area contributed by atoms with Crippen LogP contribution in [0.5, 0.6) is 0 Å². The largest absolute Gasteiger partial charge is 0.322 e. The zero-order chi connectivity index (χ0) is 18.5. The lowest BCUT2D eigenvalue weighted by atomic mass is 9.95. The van der Waals surface area contributed by atoms with Crippen molar-refractivity contribution in [3.8, 4) is 0 Å². The molecule has 3 N–H and O–H groups in total. The third kappa shape index (κ3) is 2.85. The molecule has 0 radical (unpaired) electrons. The summed E-state index contributed by atoms with van der Waals surface area (Å²) in [6.45, 7) is 1.17. The van der Waals surface area contributed by atoms with Crippen molar-refractivity contribution in [2.24, 2.45) is 0 Å². The van der Waals surface area contributed by atoms with Crippen LogP contribution in [-0.4, -0.2) is 46.8 Å². The van der Waals surface area contributed by atoms with Gasteiger partial charge in [0.05, 0.1) is 0 Å². The molecule has 2 bridgehead atoms. The molecule has 4 atom stereocenters. The number of hydrogen-bond donors (Lipinski definition) is 3. The molecule has 4 aliphatic rings. The van der Waals surface area contributed by atoms with Gasteiger partial charge in [-0.25, -0.2) is 0 Å². The van der Waals surface area contributed by atoms with E-state index in [9.17, 15) is 14.4 Å². The Labute approximate surface area is 157 Å².